The van der Waals surface area contributed by atoms with E-state index in [0.717, 1.165) is 21.3 Å². The molecule has 0 saturated heterocycles. The first-order chi connectivity index (χ1) is 9.92. The van der Waals surface area contributed by atoms with Crippen molar-refractivity contribution in [3.63, 3.8) is 0 Å². The third kappa shape index (κ3) is 3.51. The van der Waals surface area contributed by atoms with Gasteiger partial charge in [0.25, 0.3) is 5.91 Å². The normalized spacial score (nSPS) is 10.4. The molecule has 0 spiro atoms. The summed E-state index contributed by atoms with van der Waals surface area (Å²) in [6.07, 6.45) is 0.733. The summed E-state index contributed by atoms with van der Waals surface area (Å²) in [7, 11) is 0. The fraction of sp³-hybridized carbons (Fsp3) is 0.200. The number of thiophene rings is 1. The van der Waals surface area contributed by atoms with Crippen LogP contribution in [0.25, 0.3) is 0 Å². The van der Waals surface area contributed by atoms with Crippen molar-refractivity contribution >= 4 is 44.1 Å². The van der Waals surface area contributed by atoms with Crippen LogP contribution < -0.4 is 5.32 Å². The van der Waals surface area contributed by atoms with Gasteiger partial charge in [-0.15, -0.1) is 11.3 Å². The van der Waals surface area contributed by atoms with Crippen LogP contribution in [-0.4, -0.2) is 17.0 Å². The fourth-order valence-corrected chi connectivity index (χ4v) is 3.14. The Morgan fingerprint density at radius 3 is 2.62 bits per heavy atom. The number of benzene rings is 1. The molecular formula is C15H14BrNO3S. The number of amides is 1. The molecule has 2 N–H and O–H groups in total. The summed E-state index contributed by atoms with van der Waals surface area (Å²) < 4.78 is 0.842. The Labute approximate surface area is 134 Å². The first-order valence-electron chi connectivity index (χ1n) is 6.36. The molecule has 21 heavy (non-hydrogen) atoms. The summed E-state index contributed by atoms with van der Waals surface area (Å²) in [6.45, 7) is 3.88. The van der Waals surface area contributed by atoms with Crippen LogP contribution in [0.15, 0.2) is 28.7 Å². The number of aryl methyl sites for hydroxylation is 2. The number of hydrogen-bond acceptors (Lipinski definition) is 3. The third-order valence-electron chi connectivity index (χ3n) is 3.02. The van der Waals surface area contributed by atoms with Gasteiger partial charge in [0.05, 0.1) is 5.56 Å². The largest absolute Gasteiger partial charge is 0.478 e. The van der Waals surface area contributed by atoms with E-state index in [2.05, 4.69) is 21.2 Å². The lowest BCUT2D eigenvalue weighted by Crippen LogP contribution is -2.13. The van der Waals surface area contributed by atoms with Crippen molar-refractivity contribution < 1.29 is 14.7 Å². The van der Waals surface area contributed by atoms with Crippen LogP contribution in [0.1, 0.15) is 38.1 Å². The number of carboxylic acid groups (broad SMARTS) is 1. The minimum absolute atomic E-state index is 0.136. The quantitative estimate of drug-likeness (QED) is 0.844. The average Bonchev–Trinajstić information content (AvgIpc) is 2.85. The zero-order valence-electron chi connectivity index (χ0n) is 11.6. The first kappa shape index (κ1) is 15.7. The Hall–Kier alpha value is -1.66. The van der Waals surface area contributed by atoms with Crippen LogP contribution in [-0.2, 0) is 6.42 Å². The molecule has 2 rings (SSSR count). The van der Waals surface area contributed by atoms with Gasteiger partial charge in [0.15, 0.2) is 0 Å². The summed E-state index contributed by atoms with van der Waals surface area (Å²) in [5.41, 5.74) is 1.65. The molecular weight excluding hydrogens is 354 g/mol. The summed E-state index contributed by atoms with van der Waals surface area (Å²) >= 11 is 4.67. The Morgan fingerprint density at radius 2 is 2.05 bits per heavy atom. The molecule has 1 heterocycles. The van der Waals surface area contributed by atoms with Gasteiger partial charge in [-0.1, -0.05) is 28.9 Å². The van der Waals surface area contributed by atoms with Gasteiger partial charge in [-0.2, -0.15) is 0 Å². The molecule has 4 nitrogen and oxygen atoms in total. The van der Waals surface area contributed by atoms with Crippen LogP contribution >= 0.6 is 27.3 Å². The Morgan fingerprint density at radius 1 is 1.33 bits per heavy atom. The monoisotopic (exact) mass is 367 g/mol. The maximum absolute atomic E-state index is 12.2. The smallest absolute Gasteiger partial charge is 0.338 e. The van der Waals surface area contributed by atoms with Gasteiger partial charge in [-0.25, -0.2) is 4.79 Å². The van der Waals surface area contributed by atoms with E-state index >= 15 is 0 Å². The van der Waals surface area contributed by atoms with Gasteiger partial charge in [0.2, 0.25) is 0 Å². The number of halogens is 1. The molecule has 1 aromatic heterocycles. The van der Waals surface area contributed by atoms with E-state index in [1.165, 1.54) is 11.3 Å². The predicted molar refractivity (Wildman–Crippen MR) is 87.5 cm³/mol. The van der Waals surface area contributed by atoms with Crippen molar-refractivity contribution in [3.8, 4) is 0 Å². The lowest BCUT2D eigenvalue weighted by atomic mass is 10.1. The first-order valence-corrected chi connectivity index (χ1v) is 7.96. The molecule has 0 atom stereocenters. The topological polar surface area (TPSA) is 66.4 Å². The second kappa shape index (κ2) is 6.41. The van der Waals surface area contributed by atoms with Gasteiger partial charge in [-0.3, -0.25) is 4.79 Å². The number of aromatic carboxylic acids is 1. The Bertz CT molecular complexity index is 709. The van der Waals surface area contributed by atoms with E-state index in [-0.39, 0.29) is 11.5 Å². The van der Waals surface area contributed by atoms with Gasteiger partial charge in [0, 0.05) is 14.9 Å². The second-order valence-electron chi connectivity index (χ2n) is 4.53. The molecule has 0 bridgehead atoms. The number of carboxylic acids is 1. The van der Waals surface area contributed by atoms with Crippen LogP contribution in [0.4, 0.5) is 5.00 Å². The van der Waals surface area contributed by atoms with Gasteiger partial charge in [0.1, 0.15) is 5.00 Å². The van der Waals surface area contributed by atoms with E-state index in [1.54, 1.807) is 18.2 Å². The molecule has 1 aromatic carbocycles. The highest BCUT2D eigenvalue weighted by atomic mass is 79.9. The van der Waals surface area contributed by atoms with Crippen molar-refractivity contribution in [1.29, 1.82) is 0 Å². The molecule has 0 fully saturated rings. The highest BCUT2D eigenvalue weighted by molar-refractivity contribution is 9.10. The SMILES string of the molecule is CCc1cc(C(=O)O)c(NC(=O)c2ccc(C)c(Br)c2)s1. The number of hydrogen-bond donors (Lipinski definition) is 2. The summed E-state index contributed by atoms with van der Waals surface area (Å²) in [6, 6.07) is 6.88. The summed E-state index contributed by atoms with van der Waals surface area (Å²) in [4.78, 5) is 24.4. The molecule has 0 radical (unpaired) electrons. The van der Waals surface area contributed by atoms with Crippen molar-refractivity contribution in [1.82, 2.24) is 0 Å². The summed E-state index contributed by atoms with van der Waals surface area (Å²) in [5, 5.41) is 12.2. The average molecular weight is 368 g/mol. The minimum Gasteiger partial charge on any atom is -0.478 e. The van der Waals surface area contributed by atoms with E-state index in [4.69, 9.17) is 0 Å². The maximum atomic E-state index is 12.2. The lowest BCUT2D eigenvalue weighted by Gasteiger charge is -2.06. The van der Waals surface area contributed by atoms with Gasteiger partial charge < -0.3 is 10.4 Å². The van der Waals surface area contributed by atoms with Gasteiger partial charge >= 0.3 is 5.97 Å². The number of carbonyl (C=O) groups excluding carboxylic acids is 1. The maximum Gasteiger partial charge on any atom is 0.338 e. The molecule has 6 heteroatoms. The molecule has 0 aliphatic heterocycles. The predicted octanol–water partition coefficient (Wildman–Crippen LogP) is 4.33. The Balaban J connectivity index is 2.28. The molecule has 0 saturated carbocycles. The van der Waals surface area contributed by atoms with E-state index in [0.29, 0.717) is 10.6 Å². The lowest BCUT2D eigenvalue weighted by molar-refractivity contribution is 0.0698. The second-order valence-corrected chi connectivity index (χ2v) is 6.52. The zero-order valence-corrected chi connectivity index (χ0v) is 14.0. The zero-order chi connectivity index (χ0) is 15.6. The molecule has 1 amide bonds. The van der Waals surface area contributed by atoms with Crippen molar-refractivity contribution in [2.75, 3.05) is 5.32 Å². The van der Waals surface area contributed by atoms with Crippen LogP contribution in [0, 0.1) is 6.92 Å². The molecule has 110 valence electrons. The number of rotatable bonds is 4. The Kier molecular flexibility index (Phi) is 4.80. The van der Waals surface area contributed by atoms with Crippen molar-refractivity contribution in [3.05, 3.63) is 50.3 Å². The van der Waals surface area contributed by atoms with E-state index in [1.807, 2.05) is 19.9 Å². The van der Waals surface area contributed by atoms with Crippen LogP contribution in [0.2, 0.25) is 0 Å². The standard InChI is InChI=1S/C15H14BrNO3S/c1-3-10-7-11(15(19)20)14(21-10)17-13(18)9-5-4-8(2)12(16)6-9/h4-7H,3H2,1-2H3,(H,17,18)(H,19,20). The third-order valence-corrected chi connectivity index (χ3v) is 5.07. The van der Waals surface area contributed by atoms with E-state index < -0.39 is 5.97 Å². The van der Waals surface area contributed by atoms with Crippen molar-refractivity contribution in [2.45, 2.75) is 20.3 Å². The number of carbonyl (C=O) groups is 2. The van der Waals surface area contributed by atoms with Gasteiger partial charge in [-0.05, 0) is 37.1 Å². The van der Waals surface area contributed by atoms with E-state index in [9.17, 15) is 14.7 Å². The van der Waals surface area contributed by atoms with Crippen molar-refractivity contribution in [2.24, 2.45) is 0 Å². The highest BCUT2D eigenvalue weighted by Gasteiger charge is 2.17. The highest BCUT2D eigenvalue weighted by Crippen LogP contribution is 2.29. The number of nitrogens with one attached hydrogen (secondary N) is 1. The molecule has 0 aliphatic carbocycles. The van der Waals surface area contributed by atoms with Crippen LogP contribution in [0.5, 0.6) is 0 Å². The molecule has 0 unspecified atom stereocenters. The number of anilines is 1. The fourth-order valence-electron chi connectivity index (χ4n) is 1.78. The molecule has 2 aromatic rings. The van der Waals surface area contributed by atoms with Crippen LogP contribution in [0.3, 0.4) is 0 Å². The molecule has 0 aliphatic rings. The minimum atomic E-state index is -1.04. The summed E-state index contributed by atoms with van der Waals surface area (Å²) in [5.74, 6) is -1.35.